The molecule has 3 amide bonds. The maximum absolute atomic E-state index is 12.6. The van der Waals surface area contributed by atoms with Crippen LogP contribution >= 0.6 is 27.5 Å². The lowest BCUT2D eigenvalue weighted by molar-refractivity contribution is -0.124. The minimum Gasteiger partial charge on any atom is -0.493 e. The lowest BCUT2D eigenvalue weighted by Gasteiger charge is -2.20. The van der Waals surface area contributed by atoms with Crippen molar-refractivity contribution in [3.8, 4) is 11.5 Å². The predicted molar refractivity (Wildman–Crippen MR) is 129 cm³/mol. The van der Waals surface area contributed by atoms with Crippen molar-refractivity contribution < 1.29 is 23.9 Å². The quantitative estimate of drug-likeness (QED) is 0.315. The number of nitrogens with one attached hydrogen (secondary N) is 2. The molecule has 2 aromatic rings. The van der Waals surface area contributed by atoms with E-state index in [0.717, 1.165) is 0 Å². The zero-order valence-corrected chi connectivity index (χ0v) is 20.6. The maximum Gasteiger partial charge on any atom is 0.262 e. The number of benzene rings is 2. The third-order valence-electron chi connectivity index (χ3n) is 4.32. The molecule has 9 nitrogen and oxygen atoms in total. The van der Waals surface area contributed by atoms with E-state index in [1.165, 1.54) is 19.4 Å². The number of hydrogen-bond acceptors (Lipinski definition) is 6. The second-order valence-corrected chi connectivity index (χ2v) is 8.52. The highest BCUT2D eigenvalue weighted by molar-refractivity contribution is 9.10. The number of rotatable bonds is 10. The Kier molecular flexibility index (Phi) is 9.68. The van der Waals surface area contributed by atoms with Crippen molar-refractivity contribution in [2.24, 2.45) is 16.8 Å². The zero-order valence-electron chi connectivity index (χ0n) is 18.2. The van der Waals surface area contributed by atoms with Crippen LogP contribution in [0.2, 0.25) is 5.02 Å². The molecular weight excluding hydrogens is 516 g/mol. The molecule has 0 aliphatic carbocycles. The van der Waals surface area contributed by atoms with Gasteiger partial charge in [0.1, 0.15) is 6.04 Å². The molecule has 1 atom stereocenters. The smallest absolute Gasteiger partial charge is 0.262 e. The predicted octanol–water partition coefficient (Wildman–Crippen LogP) is 2.88. The van der Waals surface area contributed by atoms with E-state index in [0.29, 0.717) is 32.1 Å². The fraction of sp³-hybridized carbons (Fsp3) is 0.273. The van der Waals surface area contributed by atoms with E-state index < -0.39 is 23.8 Å². The number of nitrogens with zero attached hydrogens (tertiary/aromatic N) is 1. The Labute approximate surface area is 204 Å². The Morgan fingerprint density at radius 2 is 1.97 bits per heavy atom. The van der Waals surface area contributed by atoms with E-state index in [4.69, 9.17) is 26.8 Å². The van der Waals surface area contributed by atoms with E-state index in [2.05, 4.69) is 31.8 Å². The monoisotopic (exact) mass is 538 g/mol. The fourth-order valence-corrected chi connectivity index (χ4v) is 3.49. The van der Waals surface area contributed by atoms with Gasteiger partial charge in [-0.1, -0.05) is 31.5 Å². The van der Waals surface area contributed by atoms with Gasteiger partial charge in [-0.2, -0.15) is 5.10 Å². The molecule has 0 aliphatic heterocycles. The summed E-state index contributed by atoms with van der Waals surface area (Å²) in [6.45, 7) is 3.30. The number of methoxy groups -OCH3 is 1. The topological polar surface area (TPSA) is 132 Å². The summed E-state index contributed by atoms with van der Waals surface area (Å²) in [5.74, 6) is -1.08. The number of primary amides is 1. The van der Waals surface area contributed by atoms with E-state index in [1.54, 1.807) is 44.2 Å². The zero-order chi connectivity index (χ0) is 24.5. The van der Waals surface area contributed by atoms with Crippen LogP contribution in [-0.4, -0.2) is 43.7 Å². The van der Waals surface area contributed by atoms with Gasteiger partial charge < -0.3 is 20.5 Å². The number of nitrogens with two attached hydrogens (primary N) is 1. The highest BCUT2D eigenvalue weighted by Gasteiger charge is 2.24. The third-order valence-corrected chi connectivity index (χ3v) is 5.15. The van der Waals surface area contributed by atoms with Crippen LogP contribution in [0.5, 0.6) is 11.5 Å². The van der Waals surface area contributed by atoms with Gasteiger partial charge in [0.15, 0.2) is 18.1 Å². The van der Waals surface area contributed by atoms with E-state index >= 15 is 0 Å². The van der Waals surface area contributed by atoms with Crippen LogP contribution in [0, 0.1) is 5.92 Å². The molecule has 11 heteroatoms. The van der Waals surface area contributed by atoms with Crippen LogP contribution in [0.1, 0.15) is 29.8 Å². The number of amides is 3. The van der Waals surface area contributed by atoms with Gasteiger partial charge in [0.2, 0.25) is 0 Å². The summed E-state index contributed by atoms with van der Waals surface area (Å²) in [7, 11) is 1.44. The molecule has 0 heterocycles. The van der Waals surface area contributed by atoms with Gasteiger partial charge in [0, 0.05) is 10.6 Å². The van der Waals surface area contributed by atoms with Crippen LogP contribution in [0.15, 0.2) is 46.0 Å². The third kappa shape index (κ3) is 7.76. The minimum atomic E-state index is -0.820. The van der Waals surface area contributed by atoms with E-state index in [1.807, 2.05) is 0 Å². The summed E-state index contributed by atoms with van der Waals surface area (Å²) in [6, 6.07) is 8.89. The van der Waals surface area contributed by atoms with Crippen molar-refractivity contribution in [2.45, 2.75) is 19.9 Å². The molecule has 2 aromatic carbocycles. The highest BCUT2D eigenvalue weighted by atomic mass is 79.9. The van der Waals surface area contributed by atoms with Crippen molar-refractivity contribution in [3.05, 3.63) is 57.0 Å². The van der Waals surface area contributed by atoms with Gasteiger partial charge in [-0.25, -0.2) is 5.43 Å². The Morgan fingerprint density at radius 1 is 1.24 bits per heavy atom. The van der Waals surface area contributed by atoms with Crippen LogP contribution in [0.25, 0.3) is 0 Å². The molecule has 0 spiro atoms. The first kappa shape index (κ1) is 26.1. The van der Waals surface area contributed by atoms with E-state index in [-0.39, 0.29) is 12.5 Å². The van der Waals surface area contributed by atoms with Crippen LogP contribution < -0.4 is 25.9 Å². The van der Waals surface area contributed by atoms with Gasteiger partial charge in [-0.15, -0.1) is 0 Å². The Bertz CT molecular complexity index is 1060. The SMILES string of the molecule is COc1cc(C=NNC(=O)C(NC(=O)c2cccc(Cl)c2)C(C)C)cc(Br)c1OCC(N)=O. The lowest BCUT2D eigenvalue weighted by atomic mass is 10.0. The molecule has 176 valence electrons. The molecule has 0 fully saturated rings. The van der Waals surface area contributed by atoms with Crippen LogP contribution in [-0.2, 0) is 9.59 Å². The summed E-state index contributed by atoms with van der Waals surface area (Å²) in [6.07, 6.45) is 1.40. The van der Waals surface area contributed by atoms with Crippen LogP contribution in [0.3, 0.4) is 0 Å². The van der Waals surface area contributed by atoms with Gasteiger partial charge in [0.25, 0.3) is 17.7 Å². The lowest BCUT2D eigenvalue weighted by Crippen LogP contribution is -2.48. The largest absolute Gasteiger partial charge is 0.493 e. The standard InChI is InChI=1S/C22H24BrClN4O5/c1-12(2)19(27-21(30)14-5-4-6-15(24)9-14)22(31)28-26-10-13-7-16(23)20(17(8-13)32-3)33-11-18(25)29/h4-10,12,19H,11H2,1-3H3,(H2,25,29)(H,27,30)(H,28,31). The molecule has 0 aromatic heterocycles. The molecule has 0 aliphatic rings. The molecule has 0 radical (unpaired) electrons. The highest BCUT2D eigenvalue weighted by Crippen LogP contribution is 2.36. The second-order valence-electron chi connectivity index (χ2n) is 7.23. The van der Waals surface area contributed by atoms with Gasteiger partial charge in [0.05, 0.1) is 17.8 Å². The summed E-state index contributed by atoms with van der Waals surface area (Å²) in [4.78, 5) is 36.1. The molecule has 0 bridgehead atoms. The first-order valence-electron chi connectivity index (χ1n) is 9.80. The number of halogens is 2. The molecule has 33 heavy (non-hydrogen) atoms. The van der Waals surface area contributed by atoms with Crippen molar-refractivity contribution in [1.29, 1.82) is 0 Å². The summed E-state index contributed by atoms with van der Waals surface area (Å²) in [5, 5.41) is 7.09. The Balaban J connectivity index is 2.09. The van der Waals surface area contributed by atoms with Crippen molar-refractivity contribution in [2.75, 3.05) is 13.7 Å². The minimum absolute atomic E-state index is 0.195. The summed E-state index contributed by atoms with van der Waals surface area (Å²) in [5.41, 5.74) is 8.47. The number of ether oxygens (including phenoxy) is 2. The van der Waals surface area contributed by atoms with Crippen molar-refractivity contribution in [3.63, 3.8) is 0 Å². The van der Waals surface area contributed by atoms with Gasteiger partial charge in [-0.3, -0.25) is 14.4 Å². The maximum atomic E-state index is 12.6. The molecule has 1 unspecified atom stereocenters. The Morgan fingerprint density at radius 3 is 2.58 bits per heavy atom. The van der Waals surface area contributed by atoms with Gasteiger partial charge >= 0.3 is 0 Å². The average Bonchev–Trinajstić information content (AvgIpc) is 2.75. The first-order chi connectivity index (χ1) is 15.6. The fourth-order valence-electron chi connectivity index (χ4n) is 2.73. The number of carbonyl (C=O) groups is 3. The Hall–Kier alpha value is -3.11. The number of carbonyl (C=O) groups excluding carboxylic acids is 3. The van der Waals surface area contributed by atoms with Crippen molar-refractivity contribution in [1.82, 2.24) is 10.7 Å². The second kappa shape index (κ2) is 12.2. The summed E-state index contributed by atoms with van der Waals surface area (Å²) >= 11 is 9.28. The molecular formula is C22H24BrClN4O5. The molecule has 2 rings (SSSR count). The molecule has 0 saturated carbocycles. The summed E-state index contributed by atoms with van der Waals surface area (Å²) < 4.78 is 11.1. The number of hydrogen-bond donors (Lipinski definition) is 3. The molecule has 0 saturated heterocycles. The average molecular weight is 540 g/mol. The van der Waals surface area contributed by atoms with Crippen LogP contribution in [0.4, 0.5) is 0 Å². The van der Waals surface area contributed by atoms with E-state index in [9.17, 15) is 14.4 Å². The normalized spacial score (nSPS) is 11.8. The van der Waals surface area contributed by atoms with Gasteiger partial charge in [-0.05, 0) is 57.7 Å². The molecule has 4 N–H and O–H groups in total. The first-order valence-corrected chi connectivity index (χ1v) is 11.0. The number of hydrazone groups is 1. The van der Waals surface area contributed by atoms with Crippen molar-refractivity contribution >= 4 is 51.5 Å².